The maximum absolute atomic E-state index is 12.9. The normalized spacial score (nSPS) is 16.3. The average molecular weight is 394 g/mol. The molecular weight excluding hydrogens is 362 g/mol. The predicted octanol–water partition coefficient (Wildman–Crippen LogP) is 4.33. The summed E-state index contributed by atoms with van der Waals surface area (Å²) in [5.74, 6) is 0.637. The number of hydrogen-bond acceptors (Lipinski definition) is 2. The van der Waals surface area contributed by atoms with Gasteiger partial charge in [0.1, 0.15) is 0 Å². The summed E-state index contributed by atoms with van der Waals surface area (Å²) >= 11 is 6.01. The molecule has 1 atom stereocenters. The summed E-state index contributed by atoms with van der Waals surface area (Å²) in [5.41, 5.74) is 1.09. The highest BCUT2D eigenvalue weighted by Gasteiger charge is 2.29. The van der Waals surface area contributed by atoms with Crippen molar-refractivity contribution in [1.29, 1.82) is 0 Å². The van der Waals surface area contributed by atoms with E-state index in [1.807, 2.05) is 29.2 Å². The number of likely N-dealkylation sites (tertiary alicyclic amines) is 1. The van der Waals surface area contributed by atoms with Gasteiger partial charge in [-0.3, -0.25) is 4.79 Å². The number of benzene rings is 1. The first kappa shape index (κ1) is 21.5. The standard InChI is InChI=1S/C21H32ClN3O2/c1-15(2)5-10-19(16-6-8-18(22)9-7-16)23-20(26)17-11-13-25(14-12-17)21(27)24(3)4/h6-9,15,17,19H,5,10-14H2,1-4H3,(H,23,26). The van der Waals surface area contributed by atoms with Gasteiger partial charge in [0.25, 0.3) is 0 Å². The number of hydrogen-bond donors (Lipinski definition) is 1. The molecular formula is C21H32ClN3O2. The molecule has 1 aliphatic heterocycles. The van der Waals surface area contributed by atoms with E-state index in [2.05, 4.69) is 19.2 Å². The van der Waals surface area contributed by atoms with Crippen molar-refractivity contribution < 1.29 is 9.59 Å². The van der Waals surface area contributed by atoms with Crippen molar-refractivity contribution in [3.8, 4) is 0 Å². The van der Waals surface area contributed by atoms with Crippen LogP contribution in [0.5, 0.6) is 0 Å². The number of carbonyl (C=O) groups excluding carboxylic acids is 2. The molecule has 1 fully saturated rings. The number of halogens is 1. The number of carbonyl (C=O) groups is 2. The number of urea groups is 1. The molecule has 0 bridgehead atoms. The lowest BCUT2D eigenvalue weighted by atomic mass is 9.93. The summed E-state index contributed by atoms with van der Waals surface area (Å²) in [6, 6.07) is 7.74. The van der Waals surface area contributed by atoms with Gasteiger partial charge in [-0.25, -0.2) is 4.79 Å². The quantitative estimate of drug-likeness (QED) is 0.782. The van der Waals surface area contributed by atoms with Crippen LogP contribution in [0, 0.1) is 11.8 Å². The first-order chi connectivity index (χ1) is 12.8. The molecule has 150 valence electrons. The highest BCUT2D eigenvalue weighted by molar-refractivity contribution is 6.30. The predicted molar refractivity (Wildman–Crippen MR) is 110 cm³/mol. The van der Waals surface area contributed by atoms with E-state index in [1.165, 1.54) is 0 Å². The van der Waals surface area contributed by atoms with Crippen molar-refractivity contribution in [2.24, 2.45) is 11.8 Å². The third kappa shape index (κ3) is 6.42. The van der Waals surface area contributed by atoms with Gasteiger partial charge in [-0.05, 0) is 49.3 Å². The number of nitrogens with one attached hydrogen (secondary N) is 1. The van der Waals surface area contributed by atoms with Crippen LogP contribution in [-0.2, 0) is 4.79 Å². The molecule has 1 aromatic rings. The Morgan fingerprint density at radius 3 is 2.26 bits per heavy atom. The molecule has 0 aliphatic carbocycles. The van der Waals surface area contributed by atoms with Crippen LogP contribution in [0.25, 0.3) is 0 Å². The molecule has 0 spiro atoms. The molecule has 1 heterocycles. The Kier molecular flexibility index (Phi) is 7.96. The van der Waals surface area contributed by atoms with Crippen LogP contribution in [-0.4, -0.2) is 48.9 Å². The zero-order valence-corrected chi connectivity index (χ0v) is 17.6. The molecule has 1 saturated heterocycles. The van der Waals surface area contributed by atoms with E-state index in [0.29, 0.717) is 36.9 Å². The second-order valence-corrected chi connectivity index (χ2v) is 8.46. The van der Waals surface area contributed by atoms with Crippen molar-refractivity contribution >= 4 is 23.5 Å². The van der Waals surface area contributed by atoms with Crippen molar-refractivity contribution in [3.05, 3.63) is 34.9 Å². The molecule has 0 aromatic heterocycles. The Morgan fingerprint density at radius 2 is 1.74 bits per heavy atom. The highest BCUT2D eigenvalue weighted by Crippen LogP contribution is 2.25. The summed E-state index contributed by atoms with van der Waals surface area (Å²) in [7, 11) is 3.51. The van der Waals surface area contributed by atoms with Gasteiger partial charge in [-0.2, -0.15) is 0 Å². The number of rotatable bonds is 6. The molecule has 27 heavy (non-hydrogen) atoms. The van der Waals surface area contributed by atoms with Gasteiger partial charge in [-0.1, -0.05) is 37.6 Å². The summed E-state index contributed by atoms with van der Waals surface area (Å²) in [5, 5.41) is 3.95. The lowest BCUT2D eigenvalue weighted by Gasteiger charge is -2.33. The molecule has 1 unspecified atom stereocenters. The Labute approximate surface area is 168 Å². The first-order valence-corrected chi connectivity index (χ1v) is 10.2. The minimum atomic E-state index is -0.0370. The van der Waals surface area contributed by atoms with E-state index in [4.69, 9.17) is 11.6 Å². The molecule has 1 N–H and O–H groups in total. The van der Waals surface area contributed by atoms with E-state index in [1.54, 1.807) is 19.0 Å². The van der Waals surface area contributed by atoms with Crippen LogP contribution in [0.1, 0.15) is 51.1 Å². The minimum absolute atomic E-state index is 0.00129. The summed E-state index contributed by atoms with van der Waals surface area (Å²) in [6.45, 7) is 5.65. The second-order valence-electron chi connectivity index (χ2n) is 8.02. The molecule has 6 heteroatoms. The van der Waals surface area contributed by atoms with Crippen LogP contribution in [0.4, 0.5) is 4.79 Å². The van der Waals surface area contributed by atoms with Crippen molar-refractivity contribution in [2.45, 2.75) is 45.6 Å². The van der Waals surface area contributed by atoms with Crippen molar-refractivity contribution in [1.82, 2.24) is 15.1 Å². The lowest BCUT2D eigenvalue weighted by Crippen LogP contribution is -2.46. The number of nitrogens with zero attached hydrogens (tertiary/aromatic N) is 2. The van der Waals surface area contributed by atoms with Crippen LogP contribution in [0.15, 0.2) is 24.3 Å². The Bertz CT molecular complexity index is 623. The van der Waals surface area contributed by atoms with Gasteiger partial charge in [0.05, 0.1) is 6.04 Å². The largest absolute Gasteiger partial charge is 0.349 e. The van der Waals surface area contributed by atoms with Gasteiger partial charge in [0.2, 0.25) is 5.91 Å². The highest BCUT2D eigenvalue weighted by atomic mass is 35.5. The molecule has 1 aliphatic rings. The summed E-state index contributed by atoms with van der Waals surface area (Å²) < 4.78 is 0. The lowest BCUT2D eigenvalue weighted by molar-refractivity contribution is -0.127. The molecule has 3 amide bonds. The Balaban J connectivity index is 1.97. The number of piperidine rings is 1. The molecule has 5 nitrogen and oxygen atoms in total. The van der Waals surface area contributed by atoms with Gasteiger partial charge >= 0.3 is 6.03 Å². The van der Waals surface area contributed by atoms with E-state index in [9.17, 15) is 9.59 Å². The van der Waals surface area contributed by atoms with E-state index >= 15 is 0 Å². The van der Waals surface area contributed by atoms with Gasteiger partial charge in [0, 0.05) is 38.1 Å². The van der Waals surface area contributed by atoms with E-state index < -0.39 is 0 Å². The van der Waals surface area contributed by atoms with E-state index in [0.717, 1.165) is 18.4 Å². The van der Waals surface area contributed by atoms with Crippen LogP contribution in [0.3, 0.4) is 0 Å². The first-order valence-electron chi connectivity index (χ1n) is 9.80. The SMILES string of the molecule is CC(C)CCC(NC(=O)C1CCN(C(=O)N(C)C)CC1)c1ccc(Cl)cc1. The topological polar surface area (TPSA) is 52.7 Å². The molecule has 0 radical (unpaired) electrons. The monoisotopic (exact) mass is 393 g/mol. The molecule has 0 saturated carbocycles. The van der Waals surface area contributed by atoms with E-state index in [-0.39, 0.29) is 23.9 Å². The van der Waals surface area contributed by atoms with Crippen molar-refractivity contribution in [3.63, 3.8) is 0 Å². The summed E-state index contributed by atoms with van der Waals surface area (Å²) in [4.78, 5) is 28.3. The van der Waals surface area contributed by atoms with Gasteiger partial charge < -0.3 is 15.1 Å². The fourth-order valence-corrected chi connectivity index (χ4v) is 3.55. The Morgan fingerprint density at radius 1 is 1.15 bits per heavy atom. The average Bonchev–Trinajstić information content (AvgIpc) is 2.65. The summed E-state index contributed by atoms with van der Waals surface area (Å²) in [6.07, 6.45) is 3.37. The smallest absolute Gasteiger partial charge is 0.319 e. The van der Waals surface area contributed by atoms with Crippen LogP contribution < -0.4 is 5.32 Å². The Hall–Kier alpha value is -1.75. The van der Waals surface area contributed by atoms with Crippen LogP contribution >= 0.6 is 11.6 Å². The molecule has 2 rings (SSSR count). The second kappa shape index (κ2) is 9.98. The van der Waals surface area contributed by atoms with Gasteiger partial charge in [-0.15, -0.1) is 0 Å². The van der Waals surface area contributed by atoms with Crippen molar-refractivity contribution in [2.75, 3.05) is 27.2 Å². The van der Waals surface area contributed by atoms with Crippen LogP contribution in [0.2, 0.25) is 5.02 Å². The third-order valence-corrected chi connectivity index (χ3v) is 5.39. The number of amides is 3. The third-order valence-electron chi connectivity index (χ3n) is 5.14. The zero-order valence-electron chi connectivity index (χ0n) is 16.9. The zero-order chi connectivity index (χ0) is 20.0. The molecule has 1 aromatic carbocycles. The maximum Gasteiger partial charge on any atom is 0.319 e. The minimum Gasteiger partial charge on any atom is -0.349 e. The van der Waals surface area contributed by atoms with Gasteiger partial charge in [0.15, 0.2) is 0 Å². The maximum atomic E-state index is 12.9. The fourth-order valence-electron chi connectivity index (χ4n) is 3.42. The fraction of sp³-hybridized carbons (Fsp3) is 0.619.